The van der Waals surface area contributed by atoms with Crippen molar-refractivity contribution in [2.45, 2.75) is 25.6 Å². The molecule has 0 bridgehead atoms. The van der Waals surface area contributed by atoms with Crippen molar-refractivity contribution >= 4 is 5.69 Å². The number of aliphatic hydroxyl groups is 1. The third kappa shape index (κ3) is 2.76. The number of aliphatic hydroxyl groups excluding tert-OH is 1. The third-order valence-corrected chi connectivity index (χ3v) is 3.12. The van der Waals surface area contributed by atoms with Crippen LogP contribution in [0.3, 0.4) is 0 Å². The van der Waals surface area contributed by atoms with E-state index in [4.69, 9.17) is 4.74 Å². The number of nitrogens with zero attached hydrogens (tertiary/aromatic N) is 1. The Morgan fingerprint density at radius 2 is 2.35 bits per heavy atom. The molecule has 1 aromatic carbocycles. The number of hydrogen-bond acceptors (Lipinski definition) is 3. The Morgan fingerprint density at radius 1 is 1.53 bits per heavy atom. The average Bonchev–Trinajstić information content (AvgIpc) is 2.81. The van der Waals surface area contributed by atoms with Crippen LogP contribution in [0.15, 0.2) is 18.2 Å². The molecule has 1 aromatic rings. The van der Waals surface area contributed by atoms with E-state index >= 15 is 0 Å². The van der Waals surface area contributed by atoms with E-state index in [0.29, 0.717) is 17.8 Å². The number of para-hydroxylation sites is 1. The lowest BCUT2D eigenvalue weighted by molar-refractivity contribution is 0.116. The summed E-state index contributed by atoms with van der Waals surface area (Å²) in [7, 11) is 1.83. The van der Waals surface area contributed by atoms with Crippen molar-refractivity contribution in [3.05, 3.63) is 29.6 Å². The predicted molar refractivity (Wildman–Crippen MR) is 64.6 cm³/mol. The Balaban J connectivity index is 2.14. The second kappa shape index (κ2) is 5.47. The predicted octanol–water partition coefficient (Wildman–Crippen LogP) is 1.93. The van der Waals surface area contributed by atoms with Gasteiger partial charge in [-0.2, -0.15) is 0 Å². The van der Waals surface area contributed by atoms with Crippen molar-refractivity contribution in [1.82, 2.24) is 0 Å². The van der Waals surface area contributed by atoms with E-state index < -0.39 is 0 Å². The molecule has 0 aromatic heterocycles. The van der Waals surface area contributed by atoms with Gasteiger partial charge in [-0.25, -0.2) is 4.39 Å². The van der Waals surface area contributed by atoms with Crippen molar-refractivity contribution in [2.24, 2.45) is 0 Å². The normalized spacial score (nSPS) is 19.6. The first kappa shape index (κ1) is 12.3. The summed E-state index contributed by atoms with van der Waals surface area (Å²) >= 11 is 0. The number of benzene rings is 1. The first-order valence-electron chi connectivity index (χ1n) is 5.93. The van der Waals surface area contributed by atoms with Crippen molar-refractivity contribution < 1.29 is 14.2 Å². The van der Waals surface area contributed by atoms with Crippen LogP contribution in [-0.4, -0.2) is 31.4 Å². The highest BCUT2D eigenvalue weighted by Crippen LogP contribution is 2.25. The molecule has 1 aliphatic rings. The summed E-state index contributed by atoms with van der Waals surface area (Å²) in [5.41, 5.74) is 1.09. The van der Waals surface area contributed by atoms with Gasteiger partial charge in [0.05, 0.1) is 18.4 Å². The minimum Gasteiger partial charge on any atom is -0.392 e. The quantitative estimate of drug-likeness (QED) is 0.871. The van der Waals surface area contributed by atoms with Gasteiger partial charge in [0, 0.05) is 25.8 Å². The van der Waals surface area contributed by atoms with Gasteiger partial charge in [-0.05, 0) is 18.9 Å². The molecule has 0 saturated carbocycles. The van der Waals surface area contributed by atoms with Gasteiger partial charge in [0.25, 0.3) is 0 Å². The summed E-state index contributed by atoms with van der Waals surface area (Å²) < 4.78 is 19.3. The Hall–Kier alpha value is -1.13. The van der Waals surface area contributed by atoms with Crippen molar-refractivity contribution in [3.8, 4) is 0 Å². The molecule has 0 aliphatic carbocycles. The summed E-state index contributed by atoms with van der Waals surface area (Å²) in [4.78, 5) is 1.83. The van der Waals surface area contributed by atoms with Gasteiger partial charge in [-0.3, -0.25) is 0 Å². The highest BCUT2D eigenvalue weighted by Gasteiger charge is 2.20. The molecular formula is C13H18FNO2. The molecular weight excluding hydrogens is 221 g/mol. The van der Waals surface area contributed by atoms with Crippen LogP contribution >= 0.6 is 0 Å². The maximum atomic E-state index is 13.8. The van der Waals surface area contributed by atoms with Gasteiger partial charge in [0.15, 0.2) is 0 Å². The highest BCUT2D eigenvalue weighted by atomic mass is 19.1. The van der Waals surface area contributed by atoms with Gasteiger partial charge < -0.3 is 14.7 Å². The van der Waals surface area contributed by atoms with E-state index in [1.54, 1.807) is 12.1 Å². The van der Waals surface area contributed by atoms with E-state index in [9.17, 15) is 9.50 Å². The Bertz CT molecular complexity index is 378. The van der Waals surface area contributed by atoms with E-state index in [1.165, 1.54) is 6.07 Å². The van der Waals surface area contributed by atoms with Gasteiger partial charge in [0.2, 0.25) is 0 Å². The molecule has 1 saturated heterocycles. The zero-order valence-electron chi connectivity index (χ0n) is 10.0. The molecule has 17 heavy (non-hydrogen) atoms. The van der Waals surface area contributed by atoms with Crippen LogP contribution < -0.4 is 4.90 Å². The first-order valence-corrected chi connectivity index (χ1v) is 5.93. The molecule has 1 aliphatic heterocycles. The van der Waals surface area contributed by atoms with Gasteiger partial charge in [-0.1, -0.05) is 12.1 Å². The van der Waals surface area contributed by atoms with E-state index in [2.05, 4.69) is 0 Å². The summed E-state index contributed by atoms with van der Waals surface area (Å²) in [6.45, 7) is 1.31. The largest absolute Gasteiger partial charge is 0.392 e. The fraction of sp³-hybridized carbons (Fsp3) is 0.538. The second-order valence-corrected chi connectivity index (χ2v) is 4.42. The van der Waals surface area contributed by atoms with Crippen molar-refractivity contribution in [1.29, 1.82) is 0 Å². The number of likely N-dealkylation sites (N-methyl/N-ethyl adjacent to an activating group) is 1. The molecule has 2 rings (SSSR count). The van der Waals surface area contributed by atoms with Crippen LogP contribution in [-0.2, 0) is 11.3 Å². The van der Waals surface area contributed by atoms with Crippen LogP contribution in [0, 0.1) is 5.82 Å². The maximum absolute atomic E-state index is 13.8. The topological polar surface area (TPSA) is 32.7 Å². The zero-order valence-corrected chi connectivity index (χ0v) is 10.0. The van der Waals surface area contributed by atoms with Crippen LogP contribution in [0.25, 0.3) is 0 Å². The number of halogens is 1. The molecule has 4 heteroatoms. The standard InChI is InChI=1S/C13H18FNO2/c1-15(8-11-5-3-7-17-11)13-10(9-16)4-2-6-12(13)14/h2,4,6,11,16H,3,5,7-9H2,1H3. The fourth-order valence-electron chi connectivity index (χ4n) is 2.30. The van der Waals surface area contributed by atoms with E-state index in [-0.39, 0.29) is 18.5 Å². The van der Waals surface area contributed by atoms with Crippen LogP contribution in [0.4, 0.5) is 10.1 Å². The van der Waals surface area contributed by atoms with Crippen LogP contribution in [0.2, 0.25) is 0 Å². The molecule has 0 amide bonds. The fourth-order valence-corrected chi connectivity index (χ4v) is 2.30. The number of hydrogen-bond donors (Lipinski definition) is 1. The Morgan fingerprint density at radius 3 is 3.00 bits per heavy atom. The van der Waals surface area contributed by atoms with E-state index in [1.807, 2.05) is 11.9 Å². The lowest BCUT2D eigenvalue weighted by atomic mass is 10.1. The van der Waals surface area contributed by atoms with Crippen molar-refractivity contribution in [3.63, 3.8) is 0 Å². The summed E-state index contributed by atoms with van der Waals surface area (Å²) in [5, 5.41) is 9.23. The molecule has 1 heterocycles. The minimum atomic E-state index is -0.294. The number of rotatable bonds is 4. The molecule has 0 radical (unpaired) electrons. The van der Waals surface area contributed by atoms with Gasteiger partial charge in [-0.15, -0.1) is 0 Å². The Labute approximate surface area is 101 Å². The maximum Gasteiger partial charge on any atom is 0.146 e. The van der Waals surface area contributed by atoms with E-state index in [0.717, 1.165) is 19.4 Å². The lowest BCUT2D eigenvalue weighted by Crippen LogP contribution is -2.30. The van der Waals surface area contributed by atoms with Gasteiger partial charge >= 0.3 is 0 Å². The summed E-state index contributed by atoms with van der Waals surface area (Å²) in [6.07, 6.45) is 2.27. The molecule has 1 N–H and O–H groups in total. The molecule has 3 nitrogen and oxygen atoms in total. The smallest absolute Gasteiger partial charge is 0.146 e. The number of ether oxygens (including phenoxy) is 1. The SMILES string of the molecule is CN(CC1CCCO1)c1c(F)cccc1CO. The van der Waals surface area contributed by atoms with Crippen molar-refractivity contribution in [2.75, 3.05) is 25.1 Å². The summed E-state index contributed by atoms with van der Waals surface area (Å²) in [5.74, 6) is -0.294. The van der Waals surface area contributed by atoms with Crippen LogP contribution in [0.1, 0.15) is 18.4 Å². The first-order chi connectivity index (χ1) is 8.22. The highest BCUT2D eigenvalue weighted by molar-refractivity contribution is 5.54. The molecule has 1 atom stereocenters. The lowest BCUT2D eigenvalue weighted by Gasteiger charge is -2.25. The molecule has 1 unspecified atom stereocenters. The molecule has 1 fully saturated rings. The Kier molecular flexibility index (Phi) is 3.97. The zero-order chi connectivity index (χ0) is 12.3. The minimum absolute atomic E-state index is 0.150. The van der Waals surface area contributed by atoms with Crippen LogP contribution in [0.5, 0.6) is 0 Å². The average molecular weight is 239 g/mol. The third-order valence-electron chi connectivity index (χ3n) is 3.12. The summed E-state index contributed by atoms with van der Waals surface area (Å²) in [6, 6.07) is 4.77. The monoisotopic (exact) mass is 239 g/mol. The number of anilines is 1. The van der Waals surface area contributed by atoms with Gasteiger partial charge in [0.1, 0.15) is 5.82 Å². The molecule has 94 valence electrons. The second-order valence-electron chi connectivity index (χ2n) is 4.42. The molecule has 0 spiro atoms.